The number of piperidine rings is 1. The average molecular weight is 422 g/mol. The van der Waals surface area contributed by atoms with Gasteiger partial charge in [0.15, 0.2) is 5.16 Å². The summed E-state index contributed by atoms with van der Waals surface area (Å²) in [4.78, 5) is 23.7. The van der Waals surface area contributed by atoms with Gasteiger partial charge < -0.3 is 10.2 Å². The third kappa shape index (κ3) is 5.02. The van der Waals surface area contributed by atoms with Crippen molar-refractivity contribution >= 4 is 23.5 Å². The first-order valence-corrected chi connectivity index (χ1v) is 11.4. The van der Waals surface area contributed by atoms with E-state index in [1.807, 2.05) is 29.1 Å². The Hall–Kier alpha value is -2.80. The first-order valence-electron chi connectivity index (χ1n) is 10.4. The Labute approximate surface area is 181 Å². The Morgan fingerprint density at radius 1 is 1.10 bits per heavy atom. The van der Waals surface area contributed by atoms with Crippen molar-refractivity contribution < 1.29 is 4.79 Å². The number of rotatable bonds is 7. The van der Waals surface area contributed by atoms with Gasteiger partial charge in [0.1, 0.15) is 5.82 Å². The van der Waals surface area contributed by atoms with Gasteiger partial charge in [-0.1, -0.05) is 36.0 Å². The lowest BCUT2D eigenvalue weighted by molar-refractivity contribution is -0.118. The summed E-state index contributed by atoms with van der Waals surface area (Å²) in [5, 5.41) is 3.79. The zero-order chi connectivity index (χ0) is 20.8. The fourth-order valence-electron chi connectivity index (χ4n) is 3.63. The molecule has 1 aromatic carbocycles. The lowest BCUT2D eigenvalue weighted by atomic mass is 10.1. The van der Waals surface area contributed by atoms with Crippen LogP contribution in [-0.2, 0) is 11.3 Å². The fourth-order valence-corrected chi connectivity index (χ4v) is 4.42. The van der Waals surface area contributed by atoms with Crippen LogP contribution in [0.25, 0.3) is 5.69 Å². The summed E-state index contributed by atoms with van der Waals surface area (Å²) < 4.78 is 2.02. The zero-order valence-electron chi connectivity index (χ0n) is 17.3. The van der Waals surface area contributed by atoms with E-state index in [4.69, 9.17) is 0 Å². The maximum Gasteiger partial charge on any atom is 0.230 e. The standard InChI is InChI=1S/C23H27N5OS/c1-18-7-3-4-8-20(18)28-14-11-24-23(28)30-17-22(29)26-16-19-9-10-21(25-15-19)27-12-5-2-6-13-27/h3-4,7-11,14-15H,2,5-6,12-13,16-17H2,1H3,(H,26,29). The summed E-state index contributed by atoms with van der Waals surface area (Å²) in [7, 11) is 0. The predicted molar refractivity (Wildman–Crippen MR) is 121 cm³/mol. The number of para-hydroxylation sites is 1. The number of imidazole rings is 1. The quantitative estimate of drug-likeness (QED) is 0.585. The molecule has 156 valence electrons. The number of benzene rings is 1. The first-order chi connectivity index (χ1) is 14.7. The van der Waals surface area contributed by atoms with Crippen LogP contribution in [0.1, 0.15) is 30.4 Å². The fraction of sp³-hybridized carbons (Fsp3) is 0.348. The minimum absolute atomic E-state index is 0.0144. The van der Waals surface area contributed by atoms with E-state index >= 15 is 0 Å². The highest BCUT2D eigenvalue weighted by atomic mass is 32.2. The molecule has 0 spiro atoms. The topological polar surface area (TPSA) is 63.1 Å². The van der Waals surface area contributed by atoms with Crippen LogP contribution >= 0.6 is 11.8 Å². The Morgan fingerprint density at radius 3 is 2.70 bits per heavy atom. The first kappa shape index (κ1) is 20.5. The highest BCUT2D eigenvalue weighted by Crippen LogP contribution is 2.22. The molecule has 0 saturated carbocycles. The van der Waals surface area contributed by atoms with E-state index < -0.39 is 0 Å². The van der Waals surface area contributed by atoms with Crippen molar-refractivity contribution in [1.29, 1.82) is 0 Å². The van der Waals surface area contributed by atoms with Gasteiger partial charge in [-0.25, -0.2) is 9.97 Å². The van der Waals surface area contributed by atoms with Gasteiger partial charge in [0, 0.05) is 38.2 Å². The Balaban J connectivity index is 1.28. The van der Waals surface area contributed by atoms with Crippen molar-refractivity contribution in [2.75, 3.05) is 23.7 Å². The summed E-state index contributed by atoms with van der Waals surface area (Å²) in [6.07, 6.45) is 9.34. The molecule has 0 atom stereocenters. The van der Waals surface area contributed by atoms with Crippen LogP contribution in [0.2, 0.25) is 0 Å². The number of aryl methyl sites for hydroxylation is 1. The second kappa shape index (κ2) is 9.80. The molecule has 2 aromatic heterocycles. The van der Waals surface area contributed by atoms with Crippen molar-refractivity contribution in [3.8, 4) is 5.69 Å². The number of hydrogen-bond acceptors (Lipinski definition) is 5. The third-order valence-electron chi connectivity index (χ3n) is 5.29. The van der Waals surface area contributed by atoms with Crippen molar-refractivity contribution in [3.63, 3.8) is 0 Å². The minimum atomic E-state index is -0.0144. The second-order valence-electron chi connectivity index (χ2n) is 7.50. The maximum atomic E-state index is 12.3. The van der Waals surface area contributed by atoms with Gasteiger partial charge >= 0.3 is 0 Å². The van der Waals surface area contributed by atoms with E-state index in [0.29, 0.717) is 12.3 Å². The van der Waals surface area contributed by atoms with Gasteiger partial charge in [-0.3, -0.25) is 9.36 Å². The molecule has 0 aliphatic carbocycles. The van der Waals surface area contributed by atoms with Crippen LogP contribution in [0.4, 0.5) is 5.82 Å². The number of hydrogen-bond donors (Lipinski definition) is 1. The highest BCUT2D eigenvalue weighted by molar-refractivity contribution is 7.99. The second-order valence-corrected chi connectivity index (χ2v) is 8.45. The van der Waals surface area contributed by atoms with E-state index in [9.17, 15) is 4.79 Å². The largest absolute Gasteiger partial charge is 0.357 e. The minimum Gasteiger partial charge on any atom is -0.357 e. The number of carbonyl (C=O) groups is 1. The molecule has 0 bridgehead atoms. The van der Waals surface area contributed by atoms with E-state index in [1.54, 1.807) is 6.20 Å². The van der Waals surface area contributed by atoms with Gasteiger partial charge in [-0.05, 0) is 49.4 Å². The van der Waals surface area contributed by atoms with Crippen molar-refractivity contribution in [1.82, 2.24) is 19.9 Å². The lowest BCUT2D eigenvalue weighted by Crippen LogP contribution is -2.30. The molecule has 6 nitrogen and oxygen atoms in total. The van der Waals surface area contributed by atoms with Crippen LogP contribution in [0.15, 0.2) is 60.1 Å². The molecule has 1 fully saturated rings. The van der Waals surface area contributed by atoms with Gasteiger partial charge in [0.05, 0.1) is 11.4 Å². The van der Waals surface area contributed by atoms with Crippen LogP contribution in [0, 0.1) is 6.92 Å². The molecule has 1 saturated heterocycles. The van der Waals surface area contributed by atoms with Crippen molar-refractivity contribution in [3.05, 3.63) is 66.1 Å². The van der Waals surface area contributed by atoms with E-state index in [-0.39, 0.29) is 5.91 Å². The molecule has 3 heterocycles. The summed E-state index contributed by atoms with van der Waals surface area (Å²) in [6, 6.07) is 12.3. The monoisotopic (exact) mass is 421 g/mol. The van der Waals surface area contributed by atoms with E-state index in [1.165, 1.54) is 36.6 Å². The van der Waals surface area contributed by atoms with Crippen molar-refractivity contribution in [2.45, 2.75) is 37.9 Å². The molecule has 1 N–H and O–H groups in total. The number of pyridine rings is 1. The predicted octanol–water partition coefficient (Wildman–Crippen LogP) is 3.97. The Bertz CT molecular complexity index is 979. The zero-order valence-corrected chi connectivity index (χ0v) is 18.1. The SMILES string of the molecule is Cc1ccccc1-n1ccnc1SCC(=O)NCc1ccc(N2CCCCC2)nc1. The Kier molecular flexibility index (Phi) is 6.69. The molecule has 0 radical (unpaired) electrons. The highest BCUT2D eigenvalue weighted by Gasteiger charge is 2.13. The average Bonchev–Trinajstić information content (AvgIpc) is 3.26. The normalized spacial score (nSPS) is 14.0. The van der Waals surface area contributed by atoms with Crippen LogP contribution in [0.5, 0.6) is 0 Å². The number of thioether (sulfide) groups is 1. The van der Waals surface area contributed by atoms with Gasteiger partial charge in [-0.15, -0.1) is 0 Å². The lowest BCUT2D eigenvalue weighted by Gasteiger charge is -2.27. The van der Waals surface area contributed by atoms with E-state index in [2.05, 4.69) is 51.4 Å². The molecule has 4 rings (SSSR count). The summed E-state index contributed by atoms with van der Waals surface area (Å²) in [6.45, 7) is 4.72. The molecule has 1 aliphatic rings. The molecule has 7 heteroatoms. The molecule has 1 aliphatic heterocycles. The number of aromatic nitrogens is 3. The van der Waals surface area contributed by atoms with Gasteiger partial charge in [0.2, 0.25) is 5.91 Å². The van der Waals surface area contributed by atoms with Crippen LogP contribution in [0.3, 0.4) is 0 Å². The molecule has 1 amide bonds. The van der Waals surface area contributed by atoms with E-state index in [0.717, 1.165) is 35.3 Å². The molecule has 3 aromatic rings. The molecule has 0 unspecified atom stereocenters. The molecular weight excluding hydrogens is 394 g/mol. The summed E-state index contributed by atoms with van der Waals surface area (Å²) in [5.74, 6) is 1.34. The third-order valence-corrected chi connectivity index (χ3v) is 6.26. The number of anilines is 1. The van der Waals surface area contributed by atoms with Crippen LogP contribution < -0.4 is 10.2 Å². The number of nitrogens with zero attached hydrogens (tertiary/aromatic N) is 4. The van der Waals surface area contributed by atoms with Gasteiger partial charge in [0.25, 0.3) is 0 Å². The molecular formula is C23H27N5OS. The summed E-state index contributed by atoms with van der Waals surface area (Å²) in [5.41, 5.74) is 3.26. The number of amides is 1. The Morgan fingerprint density at radius 2 is 1.93 bits per heavy atom. The molecule has 30 heavy (non-hydrogen) atoms. The maximum absolute atomic E-state index is 12.3. The van der Waals surface area contributed by atoms with Crippen LogP contribution in [-0.4, -0.2) is 39.3 Å². The summed E-state index contributed by atoms with van der Waals surface area (Å²) >= 11 is 1.44. The number of carbonyl (C=O) groups excluding carboxylic acids is 1. The van der Waals surface area contributed by atoms with Crippen molar-refractivity contribution in [2.24, 2.45) is 0 Å². The van der Waals surface area contributed by atoms with Gasteiger partial charge in [-0.2, -0.15) is 0 Å². The number of nitrogens with one attached hydrogen (secondary N) is 1. The smallest absolute Gasteiger partial charge is 0.230 e.